The highest BCUT2D eigenvalue weighted by Gasteiger charge is 2.24. The molecule has 0 bridgehead atoms. The monoisotopic (exact) mass is 366 g/mol. The number of benzene rings is 1. The molecule has 0 atom stereocenters. The van der Waals surface area contributed by atoms with Crippen LogP contribution in [0.1, 0.15) is 53.1 Å². The molecular weight excluding hydrogens is 340 g/mol. The first-order chi connectivity index (χ1) is 13.0. The van der Waals surface area contributed by atoms with Crippen molar-refractivity contribution in [2.24, 2.45) is 0 Å². The van der Waals surface area contributed by atoms with Gasteiger partial charge in [-0.2, -0.15) is 0 Å². The van der Waals surface area contributed by atoms with Crippen molar-refractivity contribution in [2.45, 2.75) is 39.7 Å². The van der Waals surface area contributed by atoms with Gasteiger partial charge in [0.2, 0.25) is 0 Å². The first kappa shape index (κ1) is 18.9. The van der Waals surface area contributed by atoms with Crippen molar-refractivity contribution < 1.29 is 9.59 Å². The van der Waals surface area contributed by atoms with Gasteiger partial charge >= 0.3 is 0 Å². The number of hydrogen-bond donors (Lipinski definition) is 2. The summed E-state index contributed by atoms with van der Waals surface area (Å²) >= 11 is 0. The van der Waals surface area contributed by atoms with Crippen LogP contribution in [0.2, 0.25) is 0 Å². The molecule has 2 N–H and O–H groups in total. The fourth-order valence-electron chi connectivity index (χ4n) is 2.95. The van der Waals surface area contributed by atoms with Crippen LogP contribution in [0.25, 0.3) is 0 Å². The average molecular weight is 366 g/mol. The predicted octanol–water partition coefficient (Wildman–Crippen LogP) is 3.38. The molecule has 2 amide bonds. The number of nitrogens with one attached hydrogen (secondary N) is 2. The highest BCUT2D eigenvalue weighted by Crippen LogP contribution is 2.23. The topological polar surface area (TPSA) is 74.3 Å². The molecule has 0 unspecified atom stereocenters. The van der Waals surface area contributed by atoms with E-state index < -0.39 is 0 Å². The number of aryl methyl sites for hydroxylation is 1. The summed E-state index contributed by atoms with van der Waals surface area (Å²) in [6, 6.07) is 9.40. The second-order valence-corrected chi connectivity index (χ2v) is 6.80. The summed E-state index contributed by atoms with van der Waals surface area (Å²) < 4.78 is 0. The normalized spacial score (nSPS) is 13.1. The van der Waals surface area contributed by atoms with Gasteiger partial charge in [0, 0.05) is 42.3 Å². The number of carbonyl (C=O) groups excluding carboxylic acids is 2. The third-order valence-electron chi connectivity index (χ3n) is 4.75. The van der Waals surface area contributed by atoms with Crippen LogP contribution in [0.4, 0.5) is 11.4 Å². The largest absolute Gasteiger partial charge is 0.372 e. The molecule has 1 aromatic carbocycles. The van der Waals surface area contributed by atoms with Crippen LogP contribution in [0.3, 0.4) is 0 Å². The maximum absolute atomic E-state index is 12.6. The van der Waals surface area contributed by atoms with Gasteiger partial charge in [-0.3, -0.25) is 14.6 Å². The van der Waals surface area contributed by atoms with E-state index in [2.05, 4.69) is 40.4 Å². The van der Waals surface area contributed by atoms with E-state index in [-0.39, 0.29) is 23.6 Å². The Morgan fingerprint density at radius 2 is 1.85 bits per heavy atom. The molecule has 1 fully saturated rings. The number of anilines is 2. The lowest BCUT2D eigenvalue weighted by Gasteiger charge is -2.22. The molecule has 1 aromatic heterocycles. The van der Waals surface area contributed by atoms with E-state index in [0.29, 0.717) is 5.56 Å². The van der Waals surface area contributed by atoms with E-state index in [0.717, 1.165) is 42.9 Å². The Kier molecular flexibility index (Phi) is 5.74. The third kappa shape index (κ3) is 4.64. The zero-order valence-electron chi connectivity index (χ0n) is 16.1. The summed E-state index contributed by atoms with van der Waals surface area (Å²) in [5.74, 6) is -0.483. The molecule has 6 nitrogen and oxygen atoms in total. The highest BCUT2D eigenvalue weighted by atomic mass is 16.2. The summed E-state index contributed by atoms with van der Waals surface area (Å²) in [6.07, 6.45) is 3.51. The number of rotatable bonds is 7. The quantitative estimate of drug-likeness (QED) is 0.788. The van der Waals surface area contributed by atoms with Gasteiger partial charge in [-0.05, 0) is 69.5 Å². The maximum atomic E-state index is 12.6. The van der Waals surface area contributed by atoms with Gasteiger partial charge in [-0.1, -0.05) is 0 Å². The molecular formula is C21H26N4O2. The Morgan fingerprint density at radius 1 is 1.11 bits per heavy atom. The molecule has 1 heterocycles. The van der Waals surface area contributed by atoms with E-state index in [4.69, 9.17) is 0 Å². The summed E-state index contributed by atoms with van der Waals surface area (Å²) in [5, 5.41) is 5.82. The Labute approximate surface area is 160 Å². The van der Waals surface area contributed by atoms with Crippen molar-refractivity contribution in [3.8, 4) is 0 Å². The molecule has 0 aliphatic heterocycles. The van der Waals surface area contributed by atoms with E-state index in [9.17, 15) is 9.59 Å². The van der Waals surface area contributed by atoms with E-state index in [1.54, 1.807) is 6.07 Å². The van der Waals surface area contributed by atoms with Gasteiger partial charge in [0.05, 0.1) is 0 Å². The lowest BCUT2D eigenvalue weighted by atomic mass is 10.1. The number of aromatic nitrogens is 1. The molecule has 1 aliphatic rings. The second kappa shape index (κ2) is 8.20. The van der Waals surface area contributed by atoms with Crippen molar-refractivity contribution >= 4 is 23.2 Å². The molecule has 1 aliphatic carbocycles. The van der Waals surface area contributed by atoms with Crippen LogP contribution in [0.15, 0.2) is 36.5 Å². The molecule has 0 radical (unpaired) electrons. The smallest absolute Gasteiger partial charge is 0.270 e. The zero-order valence-corrected chi connectivity index (χ0v) is 16.1. The van der Waals surface area contributed by atoms with Gasteiger partial charge in [0.1, 0.15) is 5.69 Å². The van der Waals surface area contributed by atoms with Crippen LogP contribution < -0.4 is 15.5 Å². The molecule has 6 heteroatoms. The second-order valence-electron chi connectivity index (χ2n) is 6.80. The molecule has 0 spiro atoms. The minimum atomic E-state index is -0.253. The van der Waals surface area contributed by atoms with Gasteiger partial charge in [-0.15, -0.1) is 0 Å². The predicted molar refractivity (Wildman–Crippen MR) is 107 cm³/mol. The maximum Gasteiger partial charge on any atom is 0.270 e. The van der Waals surface area contributed by atoms with E-state index >= 15 is 0 Å². The van der Waals surface area contributed by atoms with Gasteiger partial charge in [0.15, 0.2) is 0 Å². The number of carbonyl (C=O) groups is 2. The van der Waals surface area contributed by atoms with Crippen LogP contribution >= 0.6 is 0 Å². The highest BCUT2D eigenvalue weighted by molar-refractivity contribution is 6.06. The van der Waals surface area contributed by atoms with Crippen LogP contribution in [0.5, 0.6) is 0 Å². The molecule has 27 heavy (non-hydrogen) atoms. The number of hydrogen-bond acceptors (Lipinski definition) is 4. The fraction of sp³-hybridized carbons (Fsp3) is 0.381. The van der Waals surface area contributed by atoms with Crippen molar-refractivity contribution in [3.05, 3.63) is 53.3 Å². The zero-order chi connectivity index (χ0) is 19.4. The lowest BCUT2D eigenvalue weighted by molar-refractivity contribution is 0.0946. The summed E-state index contributed by atoms with van der Waals surface area (Å²) in [4.78, 5) is 31.1. The Hall–Kier alpha value is -2.89. The first-order valence-corrected chi connectivity index (χ1v) is 9.45. The van der Waals surface area contributed by atoms with E-state index in [1.807, 2.05) is 19.1 Å². The van der Waals surface area contributed by atoms with Gasteiger partial charge < -0.3 is 15.5 Å². The van der Waals surface area contributed by atoms with Crippen molar-refractivity contribution in [1.82, 2.24) is 10.3 Å². The summed E-state index contributed by atoms with van der Waals surface area (Å²) in [6.45, 7) is 8.09. The molecule has 1 saturated carbocycles. The van der Waals surface area contributed by atoms with Crippen LogP contribution in [-0.2, 0) is 0 Å². The fourth-order valence-corrected chi connectivity index (χ4v) is 2.95. The number of nitrogens with zero attached hydrogens (tertiary/aromatic N) is 2. The SMILES string of the molecule is CCN(CC)c1ccc(NC(=O)c2ccnc(C(=O)NC3CC3)c2)c(C)c1. The lowest BCUT2D eigenvalue weighted by Crippen LogP contribution is -2.26. The standard InChI is InChI=1S/C21H26N4O2/c1-4-25(5-2)17-8-9-18(14(3)12-17)24-20(26)15-10-11-22-19(13-15)21(27)23-16-6-7-16/h8-13,16H,4-7H2,1-3H3,(H,23,27)(H,24,26). The van der Waals surface area contributed by atoms with Crippen LogP contribution in [0, 0.1) is 6.92 Å². The van der Waals surface area contributed by atoms with Crippen molar-refractivity contribution in [3.63, 3.8) is 0 Å². The Morgan fingerprint density at radius 3 is 2.48 bits per heavy atom. The molecule has 3 rings (SSSR count). The summed E-state index contributed by atoms with van der Waals surface area (Å²) in [7, 11) is 0. The minimum Gasteiger partial charge on any atom is -0.372 e. The van der Waals surface area contributed by atoms with Gasteiger partial charge in [-0.25, -0.2) is 0 Å². The molecule has 2 aromatic rings. The van der Waals surface area contributed by atoms with Crippen molar-refractivity contribution in [2.75, 3.05) is 23.3 Å². The minimum absolute atomic E-state index is 0.230. The first-order valence-electron chi connectivity index (χ1n) is 9.45. The Balaban J connectivity index is 1.72. The van der Waals surface area contributed by atoms with Crippen molar-refractivity contribution in [1.29, 1.82) is 0 Å². The van der Waals surface area contributed by atoms with Crippen LogP contribution in [-0.4, -0.2) is 35.9 Å². The van der Waals surface area contributed by atoms with E-state index in [1.165, 1.54) is 12.3 Å². The number of pyridine rings is 1. The molecule has 142 valence electrons. The Bertz CT molecular complexity index is 842. The molecule has 0 saturated heterocycles. The third-order valence-corrected chi connectivity index (χ3v) is 4.75. The summed E-state index contributed by atoms with van der Waals surface area (Å²) in [5.41, 5.74) is 3.57. The van der Waals surface area contributed by atoms with Gasteiger partial charge in [0.25, 0.3) is 11.8 Å². The number of amides is 2. The average Bonchev–Trinajstić information content (AvgIpc) is 3.49.